The lowest BCUT2D eigenvalue weighted by Gasteiger charge is -2.39. The Balaban J connectivity index is 1.97. The van der Waals surface area contributed by atoms with Crippen LogP contribution < -0.4 is 0 Å². The van der Waals surface area contributed by atoms with Gasteiger partial charge in [0.05, 0.1) is 15.4 Å². The highest BCUT2D eigenvalue weighted by atomic mass is 32.3. The van der Waals surface area contributed by atoms with E-state index >= 15 is 0 Å². The Hall–Kier alpha value is -3.47. The van der Waals surface area contributed by atoms with E-state index in [2.05, 4.69) is 0 Å². The van der Waals surface area contributed by atoms with Crippen LogP contribution in [0.4, 0.5) is 13.2 Å². The van der Waals surface area contributed by atoms with Gasteiger partial charge in [-0.1, -0.05) is 36.4 Å². The van der Waals surface area contributed by atoms with Crippen molar-refractivity contribution in [2.45, 2.75) is 25.8 Å². The number of halogens is 3. The Kier molecular flexibility index (Phi) is 6.54. The van der Waals surface area contributed by atoms with Gasteiger partial charge in [-0.15, -0.1) is 0 Å². The lowest BCUT2D eigenvalue weighted by Crippen LogP contribution is -2.15. The summed E-state index contributed by atoms with van der Waals surface area (Å²) in [5.74, 6) is -0.651. The molecule has 2 N–H and O–H groups in total. The summed E-state index contributed by atoms with van der Waals surface area (Å²) in [6.07, 6.45) is -4.63. The Morgan fingerprint density at radius 2 is 1.17 bits per heavy atom. The van der Waals surface area contributed by atoms with Crippen molar-refractivity contribution in [2.75, 3.05) is 0 Å². The molecule has 0 saturated heterocycles. The molecular weight excluding hydrogens is 501 g/mol. The highest BCUT2D eigenvalue weighted by Crippen LogP contribution is 2.72. The lowest BCUT2D eigenvalue weighted by molar-refractivity contribution is -0.137. The molecule has 0 aromatic heterocycles. The molecule has 5 nitrogen and oxygen atoms in total. The Labute approximate surface area is 201 Å². The van der Waals surface area contributed by atoms with E-state index in [1.807, 2.05) is 0 Å². The van der Waals surface area contributed by atoms with Crippen molar-refractivity contribution in [2.24, 2.45) is 0 Å². The van der Waals surface area contributed by atoms with Crippen molar-refractivity contribution in [3.05, 3.63) is 109 Å². The molecule has 4 aromatic rings. The molecule has 182 valence electrons. The minimum Gasteiger partial charge on any atom is -0.508 e. The molecule has 0 bridgehead atoms. The van der Waals surface area contributed by atoms with Gasteiger partial charge in [-0.25, -0.2) is 3.63 Å². The third kappa shape index (κ3) is 4.86. The SMILES string of the molecule is O=S(=O)(OS(c1ccccc1)(c1ccccc1)c1ccc(O)cc1O)c1ccc(C(F)(F)F)cc1. The van der Waals surface area contributed by atoms with Crippen LogP contribution in [0.3, 0.4) is 0 Å². The van der Waals surface area contributed by atoms with Crippen molar-refractivity contribution in [3.8, 4) is 11.5 Å². The fourth-order valence-electron chi connectivity index (χ4n) is 3.46. The van der Waals surface area contributed by atoms with E-state index < -0.39 is 42.8 Å². The summed E-state index contributed by atoms with van der Waals surface area (Å²) >= 11 is 0. The Bertz CT molecular complexity index is 1380. The molecule has 0 aliphatic carbocycles. The standard InChI is InChI=1S/C25H19F3O5S2/c26-25(27,28)18-11-14-22(15-12-18)35(31,32)33-34(20-7-3-1-4-8-20,21-9-5-2-6-10-21)24-16-13-19(29)17-23(24)30/h1-17,29-30H. The molecule has 35 heavy (non-hydrogen) atoms. The summed E-state index contributed by atoms with van der Waals surface area (Å²) in [5, 5.41) is 20.6. The molecule has 0 atom stereocenters. The first-order chi connectivity index (χ1) is 16.5. The number of alkyl halides is 3. The Morgan fingerprint density at radius 3 is 1.63 bits per heavy atom. The van der Waals surface area contributed by atoms with E-state index in [1.165, 1.54) is 12.1 Å². The molecule has 0 unspecified atom stereocenters. The highest BCUT2D eigenvalue weighted by molar-refractivity contribution is 8.33. The van der Waals surface area contributed by atoms with E-state index in [0.717, 1.165) is 18.2 Å². The third-order valence-corrected chi connectivity index (χ3v) is 10.3. The number of hydrogen-bond acceptors (Lipinski definition) is 5. The van der Waals surface area contributed by atoms with Crippen molar-refractivity contribution < 1.29 is 35.4 Å². The first kappa shape index (κ1) is 24.6. The number of phenols is 2. The monoisotopic (exact) mass is 520 g/mol. The van der Waals surface area contributed by atoms with Crippen molar-refractivity contribution in [3.63, 3.8) is 0 Å². The average molecular weight is 521 g/mol. The van der Waals surface area contributed by atoms with Gasteiger partial charge in [0.15, 0.2) is 0 Å². The van der Waals surface area contributed by atoms with Gasteiger partial charge in [0.1, 0.15) is 11.5 Å². The number of rotatable bonds is 6. The smallest absolute Gasteiger partial charge is 0.416 e. The van der Waals surface area contributed by atoms with Crippen LogP contribution in [0.2, 0.25) is 0 Å². The minimum absolute atomic E-state index is 0.0863. The van der Waals surface area contributed by atoms with Gasteiger partial charge in [0.25, 0.3) is 0 Å². The molecule has 0 spiro atoms. The molecule has 0 heterocycles. The molecule has 4 rings (SSSR count). The van der Waals surface area contributed by atoms with Crippen LogP contribution in [0.25, 0.3) is 0 Å². The van der Waals surface area contributed by atoms with Crippen molar-refractivity contribution in [1.29, 1.82) is 0 Å². The van der Waals surface area contributed by atoms with Gasteiger partial charge in [-0.2, -0.15) is 21.6 Å². The topological polar surface area (TPSA) is 83.8 Å². The molecule has 0 fully saturated rings. The van der Waals surface area contributed by atoms with Crippen LogP contribution in [0.1, 0.15) is 5.56 Å². The first-order valence-electron chi connectivity index (χ1n) is 10.1. The van der Waals surface area contributed by atoms with Gasteiger partial charge >= 0.3 is 16.3 Å². The predicted octanol–water partition coefficient (Wildman–Crippen LogP) is 6.72. The highest BCUT2D eigenvalue weighted by Gasteiger charge is 2.40. The molecule has 0 aliphatic rings. The zero-order chi connectivity index (χ0) is 25.3. The van der Waals surface area contributed by atoms with Crippen molar-refractivity contribution >= 4 is 20.4 Å². The quantitative estimate of drug-likeness (QED) is 0.295. The van der Waals surface area contributed by atoms with Gasteiger partial charge < -0.3 is 10.2 Å². The number of benzene rings is 4. The molecule has 0 saturated carbocycles. The fraction of sp³-hybridized carbons (Fsp3) is 0.0400. The zero-order valence-electron chi connectivity index (χ0n) is 17.9. The second kappa shape index (κ2) is 9.29. The maximum atomic E-state index is 13.5. The van der Waals surface area contributed by atoms with Gasteiger partial charge in [-0.05, 0) is 71.0 Å². The molecule has 4 aromatic carbocycles. The number of aromatic hydroxyl groups is 2. The largest absolute Gasteiger partial charge is 0.508 e. The second-order valence-corrected chi connectivity index (χ2v) is 11.8. The summed E-state index contributed by atoms with van der Waals surface area (Å²) in [4.78, 5) is 0.418. The molecule has 10 heteroatoms. The van der Waals surface area contributed by atoms with E-state index in [4.69, 9.17) is 3.63 Å². The second-order valence-electron chi connectivity index (χ2n) is 7.38. The van der Waals surface area contributed by atoms with Crippen LogP contribution in [0, 0.1) is 0 Å². The predicted molar refractivity (Wildman–Crippen MR) is 125 cm³/mol. The maximum absolute atomic E-state index is 13.5. The van der Waals surface area contributed by atoms with E-state index in [-0.39, 0.29) is 10.6 Å². The summed E-state index contributed by atoms with van der Waals surface area (Å²) in [6, 6.07) is 23.4. The molecule has 0 amide bonds. The summed E-state index contributed by atoms with van der Waals surface area (Å²) in [7, 11) is -7.85. The van der Waals surface area contributed by atoms with Crippen LogP contribution in [-0.4, -0.2) is 18.6 Å². The van der Waals surface area contributed by atoms with Gasteiger partial charge in [0, 0.05) is 15.9 Å². The number of hydrogen-bond donors (Lipinski definition) is 2. The first-order valence-corrected chi connectivity index (χ1v) is 13.1. The van der Waals surface area contributed by atoms with Gasteiger partial charge in [0.2, 0.25) is 0 Å². The molecular formula is C25H19F3O5S2. The molecule has 0 aliphatic heterocycles. The maximum Gasteiger partial charge on any atom is 0.416 e. The normalized spacial score (nSPS) is 12.9. The summed E-state index contributed by atoms with van der Waals surface area (Å²) in [6.45, 7) is 0. The van der Waals surface area contributed by atoms with Crippen LogP contribution >= 0.6 is 10.3 Å². The van der Waals surface area contributed by atoms with E-state index in [0.29, 0.717) is 21.9 Å². The third-order valence-electron chi connectivity index (χ3n) is 5.06. The number of phenolic OH excluding ortho intramolecular Hbond substituents is 2. The van der Waals surface area contributed by atoms with E-state index in [9.17, 15) is 31.8 Å². The van der Waals surface area contributed by atoms with Crippen LogP contribution in [0.15, 0.2) is 123 Å². The fourth-order valence-corrected chi connectivity index (χ4v) is 8.72. The summed E-state index contributed by atoms with van der Waals surface area (Å²) < 4.78 is 71.9. The van der Waals surface area contributed by atoms with Crippen LogP contribution in [-0.2, 0) is 19.9 Å². The minimum atomic E-state index is -4.66. The van der Waals surface area contributed by atoms with Gasteiger partial charge in [-0.3, -0.25) is 0 Å². The van der Waals surface area contributed by atoms with Crippen molar-refractivity contribution in [1.82, 2.24) is 0 Å². The molecule has 0 radical (unpaired) electrons. The average Bonchev–Trinajstić information content (AvgIpc) is 2.83. The zero-order valence-corrected chi connectivity index (χ0v) is 19.5. The summed E-state index contributed by atoms with van der Waals surface area (Å²) in [5.41, 5.74) is -1.00. The van der Waals surface area contributed by atoms with Crippen LogP contribution in [0.5, 0.6) is 11.5 Å². The Morgan fingerprint density at radius 1 is 0.657 bits per heavy atom. The van der Waals surface area contributed by atoms with E-state index in [1.54, 1.807) is 60.7 Å². The lowest BCUT2D eigenvalue weighted by atomic mass is 10.2.